The molecule has 106 valence electrons. The average molecular weight is 313 g/mol. The smallest absolute Gasteiger partial charge is 0.252 e. The van der Waals surface area contributed by atoms with Crippen LogP contribution in [0, 0.1) is 0 Å². The molecule has 0 fully saturated rings. The average Bonchev–Trinajstić information content (AvgIpc) is 2.91. The first-order chi connectivity index (χ1) is 9.58. The number of benzene rings is 1. The fraction of sp³-hybridized carbons (Fsp3) is 0.231. The number of anilines is 1. The Balaban J connectivity index is 1.89. The number of nitrogens with one attached hydrogen (secondary N) is 1. The molecule has 20 heavy (non-hydrogen) atoms. The molecule has 1 heterocycles. The van der Waals surface area contributed by atoms with Crippen LogP contribution >= 0.6 is 23.2 Å². The number of amides is 1. The number of nitrogens with zero attached hydrogens (tertiary/aromatic N) is 2. The molecule has 5 nitrogen and oxygen atoms in total. The molecule has 0 bridgehead atoms. The minimum absolute atomic E-state index is 0.216. The molecule has 1 aromatic carbocycles. The van der Waals surface area contributed by atoms with E-state index in [9.17, 15) is 4.79 Å². The van der Waals surface area contributed by atoms with Crippen molar-refractivity contribution in [3.63, 3.8) is 0 Å². The quantitative estimate of drug-likeness (QED) is 0.658. The molecule has 0 atom stereocenters. The van der Waals surface area contributed by atoms with E-state index in [1.165, 1.54) is 12.1 Å². The fourth-order valence-corrected chi connectivity index (χ4v) is 2.18. The molecule has 2 rings (SSSR count). The van der Waals surface area contributed by atoms with Gasteiger partial charge in [-0.05, 0) is 18.6 Å². The lowest BCUT2D eigenvalue weighted by Gasteiger charge is -2.09. The van der Waals surface area contributed by atoms with Gasteiger partial charge in [-0.2, -0.15) is 0 Å². The minimum atomic E-state index is -0.283. The van der Waals surface area contributed by atoms with Crippen LogP contribution in [0.3, 0.4) is 0 Å². The van der Waals surface area contributed by atoms with E-state index in [0.717, 1.165) is 13.0 Å². The van der Waals surface area contributed by atoms with Gasteiger partial charge in [-0.1, -0.05) is 23.2 Å². The number of hydrogen-bond acceptors (Lipinski definition) is 3. The Kier molecular flexibility index (Phi) is 4.87. The largest absolute Gasteiger partial charge is 0.399 e. The third kappa shape index (κ3) is 3.65. The van der Waals surface area contributed by atoms with E-state index < -0.39 is 0 Å². The molecular weight excluding hydrogens is 299 g/mol. The summed E-state index contributed by atoms with van der Waals surface area (Å²) in [4.78, 5) is 15.9. The lowest BCUT2D eigenvalue weighted by atomic mass is 10.2. The molecule has 0 saturated carbocycles. The van der Waals surface area contributed by atoms with Crippen molar-refractivity contribution < 1.29 is 4.79 Å². The van der Waals surface area contributed by atoms with Gasteiger partial charge in [-0.15, -0.1) is 0 Å². The number of hydrogen-bond donors (Lipinski definition) is 2. The van der Waals surface area contributed by atoms with Crippen LogP contribution in [0.4, 0.5) is 5.69 Å². The van der Waals surface area contributed by atoms with Gasteiger partial charge in [-0.25, -0.2) is 4.98 Å². The lowest BCUT2D eigenvalue weighted by molar-refractivity contribution is 0.0953. The topological polar surface area (TPSA) is 72.9 Å². The fourth-order valence-electron chi connectivity index (χ4n) is 1.75. The number of nitrogens with two attached hydrogens (primary N) is 1. The highest BCUT2D eigenvalue weighted by Gasteiger charge is 2.13. The van der Waals surface area contributed by atoms with E-state index >= 15 is 0 Å². The van der Waals surface area contributed by atoms with E-state index in [4.69, 9.17) is 28.9 Å². The second-order valence-electron chi connectivity index (χ2n) is 4.27. The van der Waals surface area contributed by atoms with Gasteiger partial charge in [0.1, 0.15) is 0 Å². The second-order valence-corrected chi connectivity index (χ2v) is 5.06. The molecule has 3 N–H and O–H groups in total. The summed E-state index contributed by atoms with van der Waals surface area (Å²) in [5.74, 6) is -0.283. The van der Waals surface area contributed by atoms with Crippen LogP contribution in [0.15, 0.2) is 30.9 Å². The summed E-state index contributed by atoms with van der Waals surface area (Å²) in [6.07, 6.45) is 6.11. The molecular formula is C13H14Cl2N4O. The predicted molar refractivity (Wildman–Crippen MR) is 80.1 cm³/mol. The van der Waals surface area contributed by atoms with E-state index in [-0.39, 0.29) is 16.0 Å². The minimum Gasteiger partial charge on any atom is -0.399 e. The number of imidazole rings is 1. The number of aryl methyl sites for hydroxylation is 1. The summed E-state index contributed by atoms with van der Waals surface area (Å²) in [5.41, 5.74) is 6.35. The molecule has 0 aliphatic heterocycles. The van der Waals surface area contributed by atoms with Gasteiger partial charge in [0.2, 0.25) is 0 Å². The number of nitrogen functional groups attached to an aromatic ring is 1. The Morgan fingerprint density at radius 1 is 1.40 bits per heavy atom. The SMILES string of the molecule is Nc1cc(Cl)c(Cl)c(C(=O)NCCCn2ccnc2)c1. The Morgan fingerprint density at radius 3 is 2.90 bits per heavy atom. The van der Waals surface area contributed by atoms with Crippen molar-refractivity contribution in [2.75, 3.05) is 12.3 Å². The Morgan fingerprint density at radius 2 is 2.20 bits per heavy atom. The number of carbonyl (C=O) groups excluding carboxylic acids is 1. The van der Waals surface area contributed by atoms with Gasteiger partial charge < -0.3 is 15.6 Å². The molecule has 0 spiro atoms. The second kappa shape index (κ2) is 6.63. The van der Waals surface area contributed by atoms with Crippen LogP contribution in [-0.4, -0.2) is 22.0 Å². The zero-order valence-corrected chi connectivity index (χ0v) is 12.2. The first-order valence-corrected chi connectivity index (χ1v) is 6.82. The van der Waals surface area contributed by atoms with E-state index in [1.54, 1.807) is 12.5 Å². The summed E-state index contributed by atoms with van der Waals surface area (Å²) in [6.45, 7) is 1.31. The van der Waals surface area contributed by atoms with Crippen molar-refractivity contribution in [1.29, 1.82) is 0 Å². The summed E-state index contributed by atoms with van der Waals surface area (Å²) in [5, 5.41) is 3.27. The zero-order valence-electron chi connectivity index (χ0n) is 10.6. The van der Waals surface area contributed by atoms with Crippen molar-refractivity contribution in [2.45, 2.75) is 13.0 Å². The highest BCUT2D eigenvalue weighted by molar-refractivity contribution is 6.44. The van der Waals surface area contributed by atoms with Crippen LogP contribution in [0.5, 0.6) is 0 Å². The monoisotopic (exact) mass is 312 g/mol. The lowest BCUT2D eigenvalue weighted by Crippen LogP contribution is -2.25. The van der Waals surface area contributed by atoms with Gasteiger partial charge >= 0.3 is 0 Å². The van der Waals surface area contributed by atoms with Crippen LogP contribution in [-0.2, 0) is 6.54 Å². The summed E-state index contributed by atoms with van der Waals surface area (Å²) >= 11 is 11.9. The maximum absolute atomic E-state index is 12.0. The van der Waals surface area contributed by atoms with Gasteiger partial charge in [0, 0.05) is 31.2 Å². The summed E-state index contributed by atoms with van der Waals surface area (Å²) in [6, 6.07) is 3.03. The van der Waals surface area contributed by atoms with Gasteiger partial charge in [0.25, 0.3) is 5.91 Å². The molecule has 0 radical (unpaired) electrons. The number of rotatable bonds is 5. The molecule has 0 unspecified atom stereocenters. The van der Waals surface area contributed by atoms with Crippen molar-refractivity contribution in [3.8, 4) is 0 Å². The van der Waals surface area contributed by atoms with E-state index in [0.29, 0.717) is 17.8 Å². The Hall–Kier alpha value is -1.72. The number of halogens is 2. The molecule has 2 aromatic rings. The van der Waals surface area contributed by atoms with E-state index in [1.807, 2.05) is 10.8 Å². The molecule has 0 aliphatic rings. The Bertz CT molecular complexity index is 599. The van der Waals surface area contributed by atoms with Crippen molar-refractivity contribution >= 4 is 34.8 Å². The van der Waals surface area contributed by atoms with Gasteiger partial charge in [-0.3, -0.25) is 4.79 Å². The molecule has 0 aliphatic carbocycles. The third-order valence-corrected chi connectivity index (χ3v) is 3.54. The normalized spacial score (nSPS) is 10.5. The highest BCUT2D eigenvalue weighted by atomic mass is 35.5. The number of carbonyl (C=O) groups is 1. The van der Waals surface area contributed by atoms with E-state index in [2.05, 4.69) is 10.3 Å². The Labute approximate surface area is 126 Å². The maximum atomic E-state index is 12.0. The molecule has 1 aromatic heterocycles. The predicted octanol–water partition coefficient (Wildman–Crippen LogP) is 2.59. The van der Waals surface area contributed by atoms with Crippen LogP contribution < -0.4 is 11.1 Å². The first-order valence-electron chi connectivity index (χ1n) is 6.06. The molecule has 0 saturated heterocycles. The van der Waals surface area contributed by atoms with Crippen molar-refractivity contribution in [3.05, 3.63) is 46.5 Å². The van der Waals surface area contributed by atoms with Crippen LogP contribution in [0.25, 0.3) is 0 Å². The van der Waals surface area contributed by atoms with Crippen LogP contribution in [0.1, 0.15) is 16.8 Å². The van der Waals surface area contributed by atoms with Crippen LogP contribution in [0.2, 0.25) is 10.0 Å². The standard InChI is InChI=1S/C13H14Cl2N4O/c14-11-7-9(16)6-10(12(11)15)13(20)18-2-1-4-19-5-3-17-8-19/h3,5-8H,1-2,4,16H2,(H,18,20). The zero-order chi connectivity index (χ0) is 14.5. The van der Waals surface area contributed by atoms with Crippen molar-refractivity contribution in [1.82, 2.24) is 14.9 Å². The number of aromatic nitrogens is 2. The van der Waals surface area contributed by atoms with Gasteiger partial charge in [0.15, 0.2) is 0 Å². The molecule has 1 amide bonds. The third-order valence-electron chi connectivity index (χ3n) is 2.73. The molecule has 7 heteroatoms. The summed E-state index contributed by atoms with van der Waals surface area (Å²) < 4.78 is 1.94. The van der Waals surface area contributed by atoms with Crippen molar-refractivity contribution in [2.24, 2.45) is 0 Å². The maximum Gasteiger partial charge on any atom is 0.252 e. The van der Waals surface area contributed by atoms with Gasteiger partial charge in [0.05, 0.1) is 21.9 Å². The summed E-state index contributed by atoms with van der Waals surface area (Å²) in [7, 11) is 0. The first kappa shape index (κ1) is 14.7. The highest BCUT2D eigenvalue weighted by Crippen LogP contribution is 2.28.